The van der Waals surface area contributed by atoms with Crippen LogP contribution in [0.1, 0.15) is 87.3 Å². The van der Waals surface area contributed by atoms with Crippen LogP contribution in [0.15, 0.2) is 109 Å². The van der Waals surface area contributed by atoms with Crippen molar-refractivity contribution in [1.82, 2.24) is 5.32 Å². The van der Waals surface area contributed by atoms with Crippen LogP contribution in [0, 0.1) is 5.92 Å². The third-order valence-corrected chi connectivity index (χ3v) is 12.0. The van der Waals surface area contributed by atoms with Crippen molar-refractivity contribution in [1.29, 1.82) is 0 Å². The molecule has 2 N–H and O–H groups in total. The van der Waals surface area contributed by atoms with Gasteiger partial charge in [0.25, 0.3) is 0 Å². The highest BCUT2D eigenvalue weighted by molar-refractivity contribution is 7.26. The van der Waals surface area contributed by atoms with Gasteiger partial charge >= 0.3 is 5.97 Å². The van der Waals surface area contributed by atoms with Crippen LogP contribution in [0.5, 0.6) is 0 Å². The zero-order valence-corrected chi connectivity index (χ0v) is 29.8. The molecule has 4 aromatic rings. The van der Waals surface area contributed by atoms with E-state index >= 15 is 0 Å². The lowest BCUT2D eigenvalue weighted by Crippen LogP contribution is -2.53. The molecule has 5 rings (SSSR count). The highest BCUT2D eigenvalue weighted by Crippen LogP contribution is 2.50. The Kier molecular flexibility index (Phi) is 10.5. The van der Waals surface area contributed by atoms with E-state index in [4.69, 9.17) is 4.74 Å². The first-order chi connectivity index (χ1) is 22.9. The van der Waals surface area contributed by atoms with E-state index in [9.17, 15) is 19.3 Å². The number of benzene rings is 4. The van der Waals surface area contributed by atoms with Gasteiger partial charge in [0.15, 0.2) is 0 Å². The number of carbonyl (C=O) groups excluding carboxylic acids is 2. The molecular formula is C41H48NO5P. The van der Waals surface area contributed by atoms with Crippen molar-refractivity contribution in [3.63, 3.8) is 0 Å². The molecule has 4 aromatic carbocycles. The van der Waals surface area contributed by atoms with Gasteiger partial charge in [-0.15, -0.1) is 0 Å². The van der Waals surface area contributed by atoms with Crippen molar-refractivity contribution < 1.29 is 24.0 Å². The topological polar surface area (TPSA) is 92.7 Å². The lowest BCUT2D eigenvalue weighted by molar-refractivity contribution is -0.157. The molecule has 6 nitrogen and oxygen atoms in total. The maximum Gasteiger partial charge on any atom is 0.312 e. The maximum atomic E-state index is 14.2. The summed E-state index contributed by atoms with van der Waals surface area (Å²) < 4.78 is 18.7. The smallest absolute Gasteiger partial charge is 0.312 e. The van der Waals surface area contributed by atoms with Gasteiger partial charge in [-0.25, -0.2) is 0 Å². The third-order valence-electron chi connectivity index (χ3n) is 10.5. The van der Waals surface area contributed by atoms with Gasteiger partial charge in [-0.05, 0) is 65.0 Å². The fourth-order valence-electron chi connectivity index (χ4n) is 7.38. The molecule has 1 amide bonds. The quantitative estimate of drug-likeness (QED) is 0.0868. The number of ether oxygens (including phenoxy) is 1. The van der Waals surface area contributed by atoms with Gasteiger partial charge in [-0.3, -0.25) is 9.59 Å². The predicted octanol–water partition coefficient (Wildman–Crippen LogP) is 7.70. The summed E-state index contributed by atoms with van der Waals surface area (Å²) in [5.74, 6) is -2.18. The number of hydrogen-bond donors (Lipinski definition) is 2. The number of nitrogens with one attached hydrogen (secondary N) is 1. The summed E-state index contributed by atoms with van der Waals surface area (Å²) in [4.78, 5) is 27.8. The van der Waals surface area contributed by atoms with Crippen molar-refractivity contribution in [2.24, 2.45) is 5.92 Å². The molecule has 48 heavy (non-hydrogen) atoms. The lowest BCUT2D eigenvalue weighted by Gasteiger charge is -2.44. The second kappa shape index (κ2) is 14.2. The molecule has 0 spiro atoms. The maximum absolute atomic E-state index is 14.2. The Morgan fingerprint density at radius 3 is 1.85 bits per heavy atom. The molecule has 0 heterocycles. The van der Waals surface area contributed by atoms with Crippen molar-refractivity contribution in [2.75, 3.05) is 6.61 Å². The molecule has 252 valence electrons. The molecule has 0 saturated carbocycles. The van der Waals surface area contributed by atoms with Gasteiger partial charge in [-0.2, -0.15) is 0 Å². The summed E-state index contributed by atoms with van der Waals surface area (Å²) in [6.07, 6.45) is 1.86. The van der Waals surface area contributed by atoms with Crippen LogP contribution < -0.4 is 5.32 Å². The fourth-order valence-corrected chi connectivity index (χ4v) is 8.31. The molecular weight excluding hydrogens is 617 g/mol. The van der Waals surface area contributed by atoms with E-state index in [2.05, 4.69) is 31.3 Å². The summed E-state index contributed by atoms with van der Waals surface area (Å²) in [6.45, 7) is 9.88. The van der Waals surface area contributed by atoms with E-state index in [1.165, 1.54) is 11.1 Å². The third kappa shape index (κ3) is 6.53. The molecule has 0 saturated heterocycles. The van der Waals surface area contributed by atoms with E-state index < -0.39 is 36.6 Å². The average molecular weight is 666 g/mol. The van der Waals surface area contributed by atoms with Gasteiger partial charge in [0, 0.05) is 11.8 Å². The summed E-state index contributed by atoms with van der Waals surface area (Å²) in [7, 11) is -1.87. The molecule has 0 bridgehead atoms. The summed E-state index contributed by atoms with van der Waals surface area (Å²) in [5, 5.41) is 13.8. The van der Waals surface area contributed by atoms with Gasteiger partial charge in [0.1, 0.15) is 10.9 Å². The van der Waals surface area contributed by atoms with Crippen LogP contribution >= 0.6 is 8.46 Å². The van der Waals surface area contributed by atoms with Gasteiger partial charge in [0.2, 0.25) is 5.91 Å². The molecule has 1 aliphatic rings. The first kappa shape index (κ1) is 35.3. The first-order valence-electron chi connectivity index (χ1n) is 16.9. The van der Waals surface area contributed by atoms with Crippen LogP contribution in [-0.4, -0.2) is 28.9 Å². The number of carbonyl (C=O) groups is 2. The Morgan fingerprint density at radius 2 is 1.38 bits per heavy atom. The van der Waals surface area contributed by atoms with Gasteiger partial charge in [0.05, 0.1) is 21.0 Å². The largest absolute Gasteiger partial charge is 0.466 e. The predicted molar refractivity (Wildman–Crippen MR) is 193 cm³/mol. The van der Waals surface area contributed by atoms with E-state index in [1.54, 1.807) is 6.92 Å². The number of aryl methyl sites for hydroxylation is 1. The summed E-state index contributed by atoms with van der Waals surface area (Å²) in [5.41, 5.74) is 3.77. The molecule has 0 radical (unpaired) electrons. The lowest BCUT2D eigenvalue weighted by atomic mass is 9.71. The Hall–Kier alpha value is -3.99. The molecule has 1 aliphatic carbocycles. The summed E-state index contributed by atoms with van der Waals surface area (Å²) >= 11 is 0. The van der Waals surface area contributed by atoms with Crippen LogP contribution in [0.2, 0.25) is 0 Å². The zero-order valence-electron chi connectivity index (χ0n) is 28.7. The number of aliphatic hydroxyl groups is 1. The number of hydrogen-bond acceptors (Lipinski definition) is 5. The van der Waals surface area contributed by atoms with E-state index in [0.29, 0.717) is 0 Å². The molecule has 7 heteroatoms. The highest BCUT2D eigenvalue weighted by atomic mass is 31.1. The SMILES string of the molecule is CCOC(=O)C(CCC(=O)NC(c1ccccc1)(c1ccccc1)c1ccccc1)C(O)([PH2]=O)C(C)(C)c1ccc2c(c1)C(C)(C)CC2. The normalized spacial score (nSPS) is 16.2. The fraction of sp³-hybridized carbons (Fsp3) is 0.366. The highest BCUT2D eigenvalue weighted by Gasteiger charge is 2.54. The summed E-state index contributed by atoms with van der Waals surface area (Å²) in [6, 6.07) is 35.6. The second-order valence-corrected chi connectivity index (χ2v) is 15.2. The Morgan fingerprint density at radius 1 is 0.854 bits per heavy atom. The molecule has 3 unspecified atom stereocenters. The monoisotopic (exact) mass is 665 g/mol. The zero-order chi connectivity index (χ0) is 34.6. The molecule has 0 fully saturated rings. The minimum atomic E-state index is -1.95. The Balaban J connectivity index is 1.51. The average Bonchev–Trinajstić information content (AvgIpc) is 3.41. The minimum absolute atomic E-state index is 0.0226. The van der Waals surface area contributed by atoms with Gasteiger partial charge in [-0.1, -0.05) is 137 Å². The van der Waals surface area contributed by atoms with Crippen molar-refractivity contribution in [3.8, 4) is 0 Å². The van der Waals surface area contributed by atoms with Gasteiger partial charge < -0.3 is 19.7 Å². The van der Waals surface area contributed by atoms with Crippen LogP contribution in [-0.2, 0) is 41.7 Å². The van der Waals surface area contributed by atoms with Crippen molar-refractivity contribution >= 4 is 20.3 Å². The van der Waals surface area contributed by atoms with Crippen LogP contribution in [0.25, 0.3) is 0 Å². The van der Waals surface area contributed by atoms with E-state index in [1.807, 2.05) is 111 Å². The minimum Gasteiger partial charge on any atom is -0.466 e. The van der Waals surface area contributed by atoms with Crippen LogP contribution in [0.4, 0.5) is 0 Å². The Labute approximate surface area is 286 Å². The Bertz CT molecular complexity index is 1640. The number of esters is 1. The standard InChI is InChI=1S/C41H48NO5P/c1-6-47-37(44)34(41(45,48-46)39(4,5)33-23-22-29-26-27-38(2,3)35(29)28-33)24-25-36(43)42-40(30-16-10-7-11-17-30,31-18-12-8-13-19-31)32-20-14-9-15-21-32/h7-23,28,34,45H,6,24-27,48H2,1-5H3,(H,42,43). The molecule has 0 aromatic heterocycles. The van der Waals surface area contributed by atoms with Crippen molar-refractivity contribution in [2.45, 2.75) is 82.0 Å². The second-order valence-electron chi connectivity index (χ2n) is 14.1. The van der Waals surface area contributed by atoms with Crippen LogP contribution in [0.3, 0.4) is 0 Å². The number of fused-ring (bicyclic) bond motifs is 1. The first-order valence-corrected chi connectivity index (χ1v) is 17.9. The van der Waals surface area contributed by atoms with Crippen molar-refractivity contribution in [3.05, 3.63) is 143 Å². The molecule has 0 aliphatic heterocycles. The molecule has 3 atom stereocenters. The number of rotatable bonds is 13. The number of amides is 1. The van der Waals surface area contributed by atoms with E-state index in [-0.39, 0.29) is 30.8 Å². The van der Waals surface area contributed by atoms with E-state index in [0.717, 1.165) is 35.1 Å².